The number of rotatable bonds is 5. The van der Waals surface area contributed by atoms with E-state index in [1.54, 1.807) is 6.07 Å². The molecule has 0 amide bonds. The molecule has 0 aliphatic rings. The Balaban J connectivity index is 1.63. The van der Waals surface area contributed by atoms with Gasteiger partial charge in [-0.2, -0.15) is 0 Å². The summed E-state index contributed by atoms with van der Waals surface area (Å²) in [5.41, 5.74) is 3.37. The molecule has 0 fully saturated rings. The third kappa shape index (κ3) is 3.43. The van der Waals surface area contributed by atoms with Crippen molar-refractivity contribution in [3.63, 3.8) is 0 Å². The molecule has 0 aliphatic heterocycles. The Bertz CT molecular complexity index is 789. The number of halogens is 1. The van der Waals surface area contributed by atoms with Gasteiger partial charge in [0.05, 0.1) is 0 Å². The monoisotopic (exact) mass is 294 g/mol. The van der Waals surface area contributed by atoms with Crippen molar-refractivity contribution in [2.24, 2.45) is 0 Å². The van der Waals surface area contributed by atoms with Crippen LogP contribution in [0.4, 0.5) is 4.39 Å². The van der Waals surface area contributed by atoms with Crippen molar-refractivity contribution in [1.82, 2.24) is 9.88 Å². The number of benzene rings is 2. The minimum Gasteiger partial charge on any atom is -0.361 e. The Morgan fingerprint density at radius 1 is 1.14 bits per heavy atom. The summed E-state index contributed by atoms with van der Waals surface area (Å²) in [7, 11) is 2.08. The first-order chi connectivity index (χ1) is 10.7. The molecule has 2 nitrogen and oxygen atoms in total. The summed E-state index contributed by atoms with van der Waals surface area (Å²) >= 11 is 0. The molecule has 2 aromatic carbocycles. The second kappa shape index (κ2) is 6.58. The molecule has 3 heteroatoms. The third-order valence-corrected chi connectivity index (χ3v) is 3.69. The molecule has 0 radical (unpaired) electrons. The molecule has 1 N–H and O–H groups in total. The lowest BCUT2D eigenvalue weighted by atomic mass is 10.1. The van der Waals surface area contributed by atoms with Gasteiger partial charge in [-0.25, -0.2) is 4.39 Å². The number of nitrogens with zero attached hydrogens (tertiary/aromatic N) is 1. The lowest BCUT2D eigenvalue weighted by molar-refractivity contribution is 0.365. The van der Waals surface area contributed by atoms with E-state index >= 15 is 0 Å². The van der Waals surface area contributed by atoms with Gasteiger partial charge in [0.15, 0.2) is 0 Å². The zero-order valence-electron chi connectivity index (χ0n) is 12.6. The second-order valence-electron chi connectivity index (χ2n) is 5.51. The Hall–Kier alpha value is -2.39. The summed E-state index contributed by atoms with van der Waals surface area (Å²) in [6, 6.07) is 15.1. The maximum Gasteiger partial charge on any atom is 0.123 e. The van der Waals surface area contributed by atoms with E-state index in [1.807, 2.05) is 18.3 Å². The first-order valence-corrected chi connectivity index (χ1v) is 7.38. The molecule has 1 heterocycles. The first-order valence-electron chi connectivity index (χ1n) is 7.38. The van der Waals surface area contributed by atoms with Crippen LogP contribution in [0.15, 0.2) is 60.8 Å². The van der Waals surface area contributed by atoms with Crippen molar-refractivity contribution in [3.8, 4) is 0 Å². The standard InChI is InChI=1S/C19H19FN2/c1-22(12-4-6-15-5-2-9-18(20)13-15)14-17-8-3-7-16-10-11-21-19(16)17/h2-11,13,21H,12,14H2,1H3. The van der Waals surface area contributed by atoms with Gasteiger partial charge in [0.2, 0.25) is 0 Å². The highest BCUT2D eigenvalue weighted by Gasteiger charge is 2.04. The first kappa shape index (κ1) is 14.5. The number of hydrogen-bond acceptors (Lipinski definition) is 1. The van der Waals surface area contributed by atoms with E-state index in [-0.39, 0.29) is 5.82 Å². The largest absolute Gasteiger partial charge is 0.361 e. The quantitative estimate of drug-likeness (QED) is 0.736. The maximum absolute atomic E-state index is 13.1. The molecule has 0 saturated heterocycles. The molecule has 1 aromatic heterocycles. The highest BCUT2D eigenvalue weighted by Crippen LogP contribution is 2.18. The van der Waals surface area contributed by atoms with Crippen molar-refractivity contribution in [1.29, 1.82) is 0 Å². The lowest BCUT2D eigenvalue weighted by Gasteiger charge is -2.15. The summed E-state index contributed by atoms with van der Waals surface area (Å²) in [5, 5.41) is 1.24. The Labute approximate surface area is 129 Å². The van der Waals surface area contributed by atoms with Crippen LogP contribution in [-0.2, 0) is 6.54 Å². The second-order valence-corrected chi connectivity index (χ2v) is 5.51. The summed E-state index contributed by atoms with van der Waals surface area (Å²) in [4.78, 5) is 5.52. The fraction of sp³-hybridized carbons (Fsp3) is 0.158. The molecule has 22 heavy (non-hydrogen) atoms. The number of likely N-dealkylation sites (N-methyl/N-ethyl adjacent to an activating group) is 1. The van der Waals surface area contributed by atoms with Crippen LogP contribution in [0.25, 0.3) is 17.0 Å². The van der Waals surface area contributed by atoms with Crippen LogP contribution in [0.1, 0.15) is 11.1 Å². The molecule has 0 aliphatic carbocycles. The molecule has 0 atom stereocenters. The van der Waals surface area contributed by atoms with Gasteiger partial charge in [-0.1, -0.05) is 42.5 Å². The van der Waals surface area contributed by atoms with Gasteiger partial charge in [0, 0.05) is 24.8 Å². The SMILES string of the molecule is CN(CC=Cc1cccc(F)c1)Cc1cccc2cc[nH]c12. The van der Waals surface area contributed by atoms with Gasteiger partial charge in [-0.05, 0) is 41.8 Å². The van der Waals surface area contributed by atoms with Crippen LogP contribution in [0.2, 0.25) is 0 Å². The number of aromatic amines is 1. The van der Waals surface area contributed by atoms with Gasteiger partial charge in [0.25, 0.3) is 0 Å². The normalized spacial score (nSPS) is 11.8. The van der Waals surface area contributed by atoms with Crippen LogP contribution < -0.4 is 0 Å². The molecular weight excluding hydrogens is 275 g/mol. The minimum absolute atomic E-state index is 0.200. The van der Waals surface area contributed by atoms with Crippen molar-refractivity contribution in [2.75, 3.05) is 13.6 Å². The fourth-order valence-corrected chi connectivity index (χ4v) is 2.62. The molecule has 112 valence electrons. The van der Waals surface area contributed by atoms with E-state index < -0.39 is 0 Å². The van der Waals surface area contributed by atoms with Crippen molar-refractivity contribution >= 4 is 17.0 Å². The van der Waals surface area contributed by atoms with E-state index in [9.17, 15) is 4.39 Å². The molecule has 3 aromatic rings. The van der Waals surface area contributed by atoms with E-state index in [2.05, 4.69) is 47.3 Å². The third-order valence-electron chi connectivity index (χ3n) is 3.69. The van der Waals surface area contributed by atoms with Crippen LogP contribution in [-0.4, -0.2) is 23.5 Å². The average molecular weight is 294 g/mol. The fourth-order valence-electron chi connectivity index (χ4n) is 2.62. The Kier molecular flexibility index (Phi) is 4.35. The summed E-state index contributed by atoms with van der Waals surface area (Å²) in [6.07, 6.45) is 5.98. The van der Waals surface area contributed by atoms with Crippen LogP contribution in [0.5, 0.6) is 0 Å². The summed E-state index contributed by atoms with van der Waals surface area (Å²) < 4.78 is 13.1. The van der Waals surface area contributed by atoms with Gasteiger partial charge in [0.1, 0.15) is 5.82 Å². The molecule has 0 spiro atoms. The molecule has 0 saturated carbocycles. The zero-order chi connectivity index (χ0) is 15.4. The minimum atomic E-state index is -0.200. The van der Waals surface area contributed by atoms with Crippen molar-refractivity contribution in [2.45, 2.75) is 6.54 Å². The smallest absolute Gasteiger partial charge is 0.123 e. The number of hydrogen-bond donors (Lipinski definition) is 1. The maximum atomic E-state index is 13.1. The number of aromatic nitrogens is 1. The van der Waals surface area contributed by atoms with Crippen LogP contribution >= 0.6 is 0 Å². The van der Waals surface area contributed by atoms with Crippen molar-refractivity contribution < 1.29 is 4.39 Å². The molecular formula is C19H19FN2. The Morgan fingerprint density at radius 3 is 2.86 bits per heavy atom. The average Bonchev–Trinajstić information content (AvgIpc) is 2.97. The van der Waals surface area contributed by atoms with E-state index in [0.717, 1.165) is 18.7 Å². The number of para-hydroxylation sites is 1. The molecule has 0 unspecified atom stereocenters. The molecule has 3 rings (SSSR count). The van der Waals surface area contributed by atoms with Crippen LogP contribution in [0.3, 0.4) is 0 Å². The van der Waals surface area contributed by atoms with E-state index in [0.29, 0.717) is 0 Å². The number of H-pyrrole nitrogens is 1. The molecule has 0 bridgehead atoms. The van der Waals surface area contributed by atoms with Crippen molar-refractivity contribution in [3.05, 3.63) is 77.7 Å². The van der Waals surface area contributed by atoms with Gasteiger partial charge >= 0.3 is 0 Å². The van der Waals surface area contributed by atoms with E-state index in [4.69, 9.17) is 0 Å². The number of fused-ring (bicyclic) bond motifs is 1. The van der Waals surface area contributed by atoms with Gasteiger partial charge < -0.3 is 4.98 Å². The summed E-state index contributed by atoms with van der Waals surface area (Å²) in [5.74, 6) is -0.200. The van der Waals surface area contributed by atoms with Gasteiger partial charge in [-0.15, -0.1) is 0 Å². The summed E-state index contributed by atoms with van der Waals surface area (Å²) in [6.45, 7) is 1.68. The highest BCUT2D eigenvalue weighted by atomic mass is 19.1. The Morgan fingerprint density at radius 2 is 2.00 bits per heavy atom. The highest BCUT2D eigenvalue weighted by molar-refractivity contribution is 5.82. The van der Waals surface area contributed by atoms with Crippen LogP contribution in [0, 0.1) is 5.82 Å². The zero-order valence-corrected chi connectivity index (χ0v) is 12.6. The predicted molar refractivity (Wildman–Crippen MR) is 90.1 cm³/mol. The lowest BCUT2D eigenvalue weighted by Crippen LogP contribution is -2.17. The number of nitrogens with one attached hydrogen (secondary N) is 1. The topological polar surface area (TPSA) is 19.0 Å². The van der Waals surface area contributed by atoms with E-state index in [1.165, 1.54) is 28.6 Å². The predicted octanol–water partition coefficient (Wildman–Crippen LogP) is 4.45. The van der Waals surface area contributed by atoms with Gasteiger partial charge in [-0.3, -0.25) is 4.90 Å².